The molecule has 0 bridgehead atoms. The van der Waals surface area contributed by atoms with Crippen LogP contribution in [0.2, 0.25) is 0 Å². The predicted octanol–water partition coefficient (Wildman–Crippen LogP) is 2.93. The zero-order chi connectivity index (χ0) is 15.7. The van der Waals surface area contributed by atoms with Gasteiger partial charge in [0.15, 0.2) is 0 Å². The number of nitrogens with one attached hydrogen (secondary N) is 1. The van der Waals surface area contributed by atoms with Crippen LogP contribution in [0.5, 0.6) is 0 Å². The smallest absolute Gasteiger partial charge is 0.145 e. The van der Waals surface area contributed by atoms with Crippen LogP contribution in [0.4, 0.5) is 11.6 Å². The Morgan fingerprint density at radius 2 is 1.70 bits per heavy atom. The summed E-state index contributed by atoms with van der Waals surface area (Å²) in [4.78, 5) is 11.3. The van der Waals surface area contributed by atoms with E-state index in [0.29, 0.717) is 11.9 Å². The molecule has 1 heterocycles. The SMILES string of the molecule is CC(N(C)c1cc(NN)nc(C(C)(C)C)n1)C(C)(C)C. The highest BCUT2D eigenvalue weighted by atomic mass is 15.3. The Bertz CT molecular complexity index is 456. The molecule has 1 aromatic heterocycles. The monoisotopic (exact) mass is 279 g/mol. The van der Waals surface area contributed by atoms with Gasteiger partial charge in [-0.3, -0.25) is 0 Å². The molecular formula is C15H29N5. The predicted molar refractivity (Wildman–Crippen MR) is 85.9 cm³/mol. The standard InChI is InChI=1S/C15H29N5/c1-10(14(2,3)4)20(8)12-9-11(19-16)17-13(18-12)15(5,6)7/h9-10H,16H2,1-8H3,(H,17,18,19). The summed E-state index contributed by atoms with van der Waals surface area (Å²) in [7, 11) is 2.06. The molecular weight excluding hydrogens is 250 g/mol. The van der Waals surface area contributed by atoms with E-state index in [-0.39, 0.29) is 10.8 Å². The molecule has 1 rings (SSSR count). The van der Waals surface area contributed by atoms with Gasteiger partial charge in [-0.25, -0.2) is 15.8 Å². The van der Waals surface area contributed by atoms with Crippen LogP contribution in [0.15, 0.2) is 6.07 Å². The van der Waals surface area contributed by atoms with Crippen molar-refractivity contribution in [1.29, 1.82) is 0 Å². The van der Waals surface area contributed by atoms with E-state index in [2.05, 4.69) is 70.8 Å². The second-order valence-electron chi connectivity index (χ2n) is 7.48. The van der Waals surface area contributed by atoms with E-state index in [9.17, 15) is 0 Å². The Balaban J connectivity index is 3.24. The topological polar surface area (TPSA) is 67.1 Å². The number of hydrogen-bond acceptors (Lipinski definition) is 5. The summed E-state index contributed by atoms with van der Waals surface area (Å²) < 4.78 is 0. The van der Waals surface area contributed by atoms with E-state index < -0.39 is 0 Å². The molecule has 0 aromatic carbocycles. The van der Waals surface area contributed by atoms with E-state index >= 15 is 0 Å². The minimum atomic E-state index is -0.118. The maximum absolute atomic E-state index is 5.53. The molecule has 5 nitrogen and oxygen atoms in total. The highest BCUT2D eigenvalue weighted by Crippen LogP contribution is 2.29. The molecule has 1 aromatic rings. The first-order valence-electron chi connectivity index (χ1n) is 7.06. The van der Waals surface area contributed by atoms with E-state index in [1.54, 1.807) is 0 Å². The average Bonchev–Trinajstić information content (AvgIpc) is 2.34. The molecule has 0 radical (unpaired) electrons. The molecule has 0 saturated carbocycles. The van der Waals surface area contributed by atoms with Crippen molar-refractivity contribution in [2.24, 2.45) is 11.3 Å². The molecule has 0 aliphatic rings. The van der Waals surface area contributed by atoms with Gasteiger partial charge < -0.3 is 10.3 Å². The minimum Gasteiger partial charge on any atom is -0.356 e. The van der Waals surface area contributed by atoms with Crippen LogP contribution in [0.1, 0.15) is 54.3 Å². The van der Waals surface area contributed by atoms with Gasteiger partial charge in [0.25, 0.3) is 0 Å². The van der Waals surface area contributed by atoms with Gasteiger partial charge in [0.2, 0.25) is 0 Å². The average molecular weight is 279 g/mol. The van der Waals surface area contributed by atoms with Crippen LogP contribution in [0, 0.1) is 5.41 Å². The van der Waals surface area contributed by atoms with Crippen LogP contribution in [-0.2, 0) is 5.41 Å². The van der Waals surface area contributed by atoms with Gasteiger partial charge >= 0.3 is 0 Å². The Kier molecular flexibility index (Phi) is 4.64. The Hall–Kier alpha value is -1.36. The first kappa shape index (κ1) is 16.7. The number of anilines is 2. The summed E-state index contributed by atoms with van der Waals surface area (Å²) in [6, 6.07) is 2.23. The van der Waals surface area contributed by atoms with E-state index in [4.69, 9.17) is 10.8 Å². The summed E-state index contributed by atoms with van der Waals surface area (Å²) in [6.45, 7) is 15.2. The van der Waals surface area contributed by atoms with Crippen molar-refractivity contribution < 1.29 is 0 Å². The summed E-state index contributed by atoms with van der Waals surface area (Å²) >= 11 is 0. The summed E-state index contributed by atoms with van der Waals surface area (Å²) in [5.41, 5.74) is 2.68. The number of nitrogens with two attached hydrogens (primary N) is 1. The lowest BCUT2D eigenvalue weighted by Crippen LogP contribution is -2.40. The lowest BCUT2D eigenvalue weighted by molar-refractivity contribution is 0.328. The largest absolute Gasteiger partial charge is 0.356 e. The fourth-order valence-corrected chi connectivity index (χ4v) is 1.80. The second kappa shape index (κ2) is 5.56. The Labute approximate surface area is 123 Å². The molecule has 0 aliphatic carbocycles. The molecule has 1 atom stereocenters. The van der Waals surface area contributed by atoms with Gasteiger partial charge in [0, 0.05) is 24.6 Å². The minimum absolute atomic E-state index is 0.118. The van der Waals surface area contributed by atoms with Crippen LogP contribution < -0.4 is 16.2 Å². The fraction of sp³-hybridized carbons (Fsp3) is 0.733. The van der Waals surface area contributed by atoms with Crippen molar-refractivity contribution >= 4 is 11.6 Å². The maximum Gasteiger partial charge on any atom is 0.145 e. The molecule has 114 valence electrons. The molecule has 1 unspecified atom stereocenters. The van der Waals surface area contributed by atoms with E-state index in [1.807, 2.05) is 6.07 Å². The van der Waals surface area contributed by atoms with E-state index in [0.717, 1.165) is 11.6 Å². The highest BCUT2D eigenvalue weighted by Gasteiger charge is 2.26. The van der Waals surface area contributed by atoms with Crippen molar-refractivity contribution in [2.75, 3.05) is 17.4 Å². The van der Waals surface area contributed by atoms with Crippen LogP contribution in [0.3, 0.4) is 0 Å². The van der Waals surface area contributed by atoms with Crippen LogP contribution >= 0.6 is 0 Å². The molecule has 0 saturated heterocycles. The summed E-state index contributed by atoms with van der Waals surface area (Å²) in [6.07, 6.45) is 0. The Morgan fingerprint density at radius 1 is 1.15 bits per heavy atom. The zero-order valence-corrected chi connectivity index (χ0v) is 14.1. The molecule has 0 amide bonds. The van der Waals surface area contributed by atoms with Gasteiger partial charge in [-0.2, -0.15) is 0 Å². The number of nitrogen functional groups attached to an aromatic ring is 1. The van der Waals surface area contributed by atoms with Crippen LogP contribution in [0.25, 0.3) is 0 Å². The molecule has 0 spiro atoms. The Morgan fingerprint density at radius 3 is 2.10 bits per heavy atom. The normalized spacial score (nSPS) is 14.1. The maximum atomic E-state index is 5.53. The molecule has 5 heteroatoms. The summed E-state index contributed by atoms with van der Waals surface area (Å²) in [5.74, 6) is 7.86. The van der Waals surface area contributed by atoms with Crippen molar-refractivity contribution in [1.82, 2.24) is 9.97 Å². The lowest BCUT2D eigenvalue weighted by atomic mass is 9.87. The van der Waals surface area contributed by atoms with Gasteiger partial charge in [-0.05, 0) is 12.3 Å². The van der Waals surface area contributed by atoms with Gasteiger partial charge in [0.1, 0.15) is 17.5 Å². The van der Waals surface area contributed by atoms with Crippen molar-refractivity contribution in [3.63, 3.8) is 0 Å². The van der Waals surface area contributed by atoms with Gasteiger partial charge in [-0.1, -0.05) is 41.5 Å². The highest BCUT2D eigenvalue weighted by molar-refractivity contribution is 5.49. The first-order valence-corrected chi connectivity index (χ1v) is 7.06. The number of hydrazine groups is 1. The fourth-order valence-electron chi connectivity index (χ4n) is 1.80. The number of hydrogen-bond donors (Lipinski definition) is 2. The molecule has 3 N–H and O–H groups in total. The van der Waals surface area contributed by atoms with Crippen molar-refractivity contribution in [3.05, 3.63) is 11.9 Å². The van der Waals surface area contributed by atoms with Gasteiger partial charge in [-0.15, -0.1) is 0 Å². The molecule has 0 fully saturated rings. The quantitative estimate of drug-likeness (QED) is 0.658. The van der Waals surface area contributed by atoms with E-state index in [1.165, 1.54) is 0 Å². The number of rotatable bonds is 3. The lowest BCUT2D eigenvalue weighted by Gasteiger charge is -2.36. The third-order valence-corrected chi connectivity index (χ3v) is 3.73. The molecule has 0 aliphatic heterocycles. The first-order chi connectivity index (χ1) is 8.96. The third kappa shape index (κ3) is 3.82. The van der Waals surface area contributed by atoms with Gasteiger partial charge in [0.05, 0.1) is 0 Å². The second-order valence-corrected chi connectivity index (χ2v) is 7.48. The number of aromatic nitrogens is 2. The van der Waals surface area contributed by atoms with Crippen LogP contribution in [-0.4, -0.2) is 23.1 Å². The molecule has 20 heavy (non-hydrogen) atoms. The van der Waals surface area contributed by atoms with Crippen molar-refractivity contribution in [3.8, 4) is 0 Å². The van der Waals surface area contributed by atoms with Crippen molar-refractivity contribution in [2.45, 2.75) is 59.9 Å². The zero-order valence-electron chi connectivity index (χ0n) is 14.1. The number of nitrogens with zero attached hydrogens (tertiary/aromatic N) is 3. The third-order valence-electron chi connectivity index (χ3n) is 3.73. The summed E-state index contributed by atoms with van der Waals surface area (Å²) in [5, 5.41) is 0.